The van der Waals surface area contributed by atoms with Crippen molar-refractivity contribution in [1.29, 1.82) is 0 Å². The molecule has 3 N–H and O–H groups in total. The molecule has 128 valence electrons. The maximum Gasteiger partial charge on any atom is 0.303 e. The molecule has 2 aromatic rings. The van der Waals surface area contributed by atoms with Gasteiger partial charge in [-0.05, 0) is 42.4 Å². The maximum absolute atomic E-state index is 14.1. The van der Waals surface area contributed by atoms with Gasteiger partial charge in [0.15, 0.2) is 17.5 Å². The van der Waals surface area contributed by atoms with E-state index in [2.05, 4.69) is 15.3 Å². The van der Waals surface area contributed by atoms with Gasteiger partial charge < -0.3 is 20.1 Å². The van der Waals surface area contributed by atoms with Crippen LogP contribution in [0.1, 0.15) is 30.7 Å². The predicted molar refractivity (Wildman–Crippen MR) is 86.7 cm³/mol. The lowest BCUT2D eigenvalue weighted by atomic mass is 10.1. The van der Waals surface area contributed by atoms with Crippen molar-refractivity contribution < 1.29 is 19.0 Å². The third-order valence-electron chi connectivity index (χ3n) is 4.11. The molecule has 2 atom stereocenters. The van der Waals surface area contributed by atoms with E-state index in [0.29, 0.717) is 25.5 Å². The molecule has 3 rings (SSSR count). The van der Waals surface area contributed by atoms with Crippen LogP contribution in [0.3, 0.4) is 0 Å². The van der Waals surface area contributed by atoms with E-state index in [1.165, 1.54) is 6.07 Å². The number of nitrogens with one attached hydrogen (secondary N) is 2. The third kappa shape index (κ3) is 4.24. The van der Waals surface area contributed by atoms with Crippen LogP contribution in [-0.4, -0.2) is 34.2 Å². The topological polar surface area (TPSA) is 87.2 Å². The van der Waals surface area contributed by atoms with Gasteiger partial charge in [0.25, 0.3) is 0 Å². The number of aromatic amines is 1. The highest BCUT2D eigenvalue weighted by atomic mass is 19.1. The molecular weight excluding hydrogens is 313 g/mol. The van der Waals surface area contributed by atoms with Crippen molar-refractivity contribution in [3.63, 3.8) is 0 Å². The number of H-pyrrole nitrogens is 1. The molecular formula is C17H20FN3O3. The summed E-state index contributed by atoms with van der Waals surface area (Å²) in [5, 5.41) is 11.9. The van der Waals surface area contributed by atoms with Crippen LogP contribution in [0.5, 0.6) is 5.75 Å². The Labute approximate surface area is 139 Å². The molecule has 1 saturated carbocycles. The molecule has 1 aromatic heterocycles. The zero-order valence-corrected chi connectivity index (χ0v) is 13.2. The minimum absolute atomic E-state index is 0.126. The smallest absolute Gasteiger partial charge is 0.303 e. The van der Waals surface area contributed by atoms with Crippen LogP contribution in [0.25, 0.3) is 0 Å². The van der Waals surface area contributed by atoms with Crippen LogP contribution in [0.15, 0.2) is 30.6 Å². The van der Waals surface area contributed by atoms with Crippen LogP contribution in [0.2, 0.25) is 0 Å². The normalized spacial score (nSPS) is 19.0. The van der Waals surface area contributed by atoms with Gasteiger partial charge in [-0.3, -0.25) is 4.79 Å². The summed E-state index contributed by atoms with van der Waals surface area (Å²) in [6.07, 6.45) is 5.07. The van der Waals surface area contributed by atoms with E-state index in [-0.39, 0.29) is 24.0 Å². The van der Waals surface area contributed by atoms with Gasteiger partial charge in [-0.25, -0.2) is 9.37 Å². The Morgan fingerprint density at radius 1 is 1.50 bits per heavy atom. The Bertz CT molecular complexity index is 690. The fourth-order valence-corrected chi connectivity index (χ4v) is 2.79. The van der Waals surface area contributed by atoms with Gasteiger partial charge in [-0.2, -0.15) is 0 Å². The summed E-state index contributed by atoms with van der Waals surface area (Å²) >= 11 is 0. The average molecular weight is 333 g/mol. The number of imidazole rings is 1. The van der Waals surface area contributed by atoms with Gasteiger partial charge in [-0.1, -0.05) is 6.07 Å². The zero-order valence-electron chi connectivity index (χ0n) is 13.2. The highest BCUT2D eigenvalue weighted by molar-refractivity contribution is 5.67. The summed E-state index contributed by atoms with van der Waals surface area (Å²) in [7, 11) is 0. The van der Waals surface area contributed by atoms with Crippen molar-refractivity contribution in [3.05, 3.63) is 42.0 Å². The highest BCUT2D eigenvalue weighted by Crippen LogP contribution is 2.49. The van der Waals surface area contributed by atoms with Crippen LogP contribution >= 0.6 is 0 Å². The molecule has 0 amide bonds. The lowest BCUT2D eigenvalue weighted by molar-refractivity contribution is -0.137. The van der Waals surface area contributed by atoms with E-state index < -0.39 is 11.8 Å². The first-order valence-electron chi connectivity index (χ1n) is 8.01. The van der Waals surface area contributed by atoms with Gasteiger partial charge in [0.2, 0.25) is 0 Å². The van der Waals surface area contributed by atoms with Gasteiger partial charge in [-0.15, -0.1) is 0 Å². The minimum Gasteiger partial charge on any atom is -0.490 e. The third-order valence-corrected chi connectivity index (χ3v) is 4.11. The van der Waals surface area contributed by atoms with E-state index in [0.717, 1.165) is 12.0 Å². The zero-order chi connectivity index (χ0) is 16.9. The van der Waals surface area contributed by atoms with Crippen LogP contribution < -0.4 is 10.1 Å². The Balaban J connectivity index is 1.42. The fraction of sp³-hybridized carbons (Fsp3) is 0.412. The Hall–Kier alpha value is -2.57. The molecule has 1 aliphatic rings. The van der Waals surface area contributed by atoms with Crippen molar-refractivity contribution in [3.8, 4) is 5.75 Å². The number of anilines is 1. The number of aliphatic carboxylic acids is 1. The van der Waals surface area contributed by atoms with Crippen molar-refractivity contribution in [2.24, 2.45) is 5.92 Å². The second kappa shape index (κ2) is 7.33. The summed E-state index contributed by atoms with van der Waals surface area (Å²) in [5.74, 6) is 0.0140. The molecule has 0 bridgehead atoms. The number of ether oxygens (including phenoxy) is 1. The molecule has 0 spiro atoms. The van der Waals surface area contributed by atoms with Crippen LogP contribution in [0, 0.1) is 11.7 Å². The van der Waals surface area contributed by atoms with Gasteiger partial charge in [0, 0.05) is 25.4 Å². The summed E-state index contributed by atoms with van der Waals surface area (Å²) in [4.78, 5) is 17.7. The van der Waals surface area contributed by atoms with Gasteiger partial charge >= 0.3 is 5.97 Å². The summed E-state index contributed by atoms with van der Waals surface area (Å²) in [6.45, 7) is 1.07. The van der Waals surface area contributed by atoms with E-state index in [9.17, 15) is 9.18 Å². The first-order chi connectivity index (χ1) is 11.6. The van der Waals surface area contributed by atoms with Crippen molar-refractivity contribution in [2.45, 2.75) is 25.2 Å². The van der Waals surface area contributed by atoms with Gasteiger partial charge in [0.1, 0.15) is 0 Å². The lowest BCUT2D eigenvalue weighted by Crippen LogP contribution is -2.08. The van der Waals surface area contributed by atoms with E-state index in [1.807, 2.05) is 6.07 Å². The fourth-order valence-electron chi connectivity index (χ4n) is 2.79. The van der Waals surface area contributed by atoms with Crippen molar-refractivity contribution in [1.82, 2.24) is 9.97 Å². The minimum atomic E-state index is -0.800. The summed E-state index contributed by atoms with van der Waals surface area (Å²) < 4.78 is 19.6. The molecule has 6 nitrogen and oxygen atoms in total. The molecule has 0 radical (unpaired) electrons. The average Bonchev–Trinajstić information content (AvgIpc) is 3.09. The van der Waals surface area contributed by atoms with Crippen LogP contribution in [-0.2, 0) is 4.79 Å². The van der Waals surface area contributed by atoms with Gasteiger partial charge in [0.05, 0.1) is 6.61 Å². The predicted octanol–water partition coefficient (Wildman–Crippen LogP) is 3.01. The molecule has 2 unspecified atom stereocenters. The molecule has 7 heteroatoms. The van der Waals surface area contributed by atoms with E-state index in [1.54, 1.807) is 18.5 Å². The number of carboxylic acids is 1. The van der Waals surface area contributed by atoms with Crippen molar-refractivity contribution in [2.75, 3.05) is 18.5 Å². The number of benzene rings is 1. The Morgan fingerprint density at radius 3 is 3.08 bits per heavy atom. The van der Waals surface area contributed by atoms with E-state index >= 15 is 0 Å². The molecule has 24 heavy (non-hydrogen) atoms. The SMILES string of the molecule is O=C(O)CC1CC1c1ccc(OCCCNc2ncc[nH]2)c(F)c1. The molecule has 1 heterocycles. The first-order valence-corrected chi connectivity index (χ1v) is 8.01. The number of nitrogens with zero attached hydrogens (tertiary/aromatic N) is 1. The summed E-state index contributed by atoms with van der Waals surface area (Å²) in [5.41, 5.74) is 0.852. The largest absolute Gasteiger partial charge is 0.490 e. The second-order valence-electron chi connectivity index (χ2n) is 5.96. The number of carboxylic acid groups (broad SMARTS) is 1. The Kier molecular flexibility index (Phi) is 4.98. The number of carbonyl (C=O) groups is 1. The number of hydrogen-bond acceptors (Lipinski definition) is 4. The maximum atomic E-state index is 14.1. The van der Waals surface area contributed by atoms with Crippen molar-refractivity contribution >= 4 is 11.9 Å². The Morgan fingerprint density at radius 2 is 2.38 bits per heavy atom. The molecule has 0 aliphatic heterocycles. The van der Waals surface area contributed by atoms with E-state index in [4.69, 9.17) is 9.84 Å². The molecule has 0 saturated heterocycles. The number of hydrogen-bond donors (Lipinski definition) is 3. The number of halogens is 1. The number of aromatic nitrogens is 2. The first kappa shape index (κ1) is 16.3. The highest BCUT2D eigenvalue weighted by Gasteiger charge is 2.39. The quantitative estimate of drug-likeness (QED) is 0.614. The lowest BCUT2D eigenvalue weighted by Gasteiger charge is -2.09. The number of rotatable bonds is 9. The summed E-state index contributed by atoms with van der Waals surface area (Å²) in [6, 6.07) is 4.91. The monoisotopic (exact) mass is 333 g/mol. The van der Waals surface area contributed by atoms with Crippen LogP contribution in [0.4, 0.5) is 10.3 Å². The molecule has 1 fully saturated rings. The molecule has 1 aromatic carbocycles. The molecule has 1 aliphatic carbocycles. The standard InChI is InChI=1S/C17H20FN3O3/c18-14-9-11(13-8-12(13)10-16(22)23)2-3-15(14)24-7-1-4-19-17-20-5-6-21-17/h2-3,5-6,9,12-13H,1,4,7-8,10H2,(H,22,23)(H2,19,20,21). The second-order valence-corrected chi connectivity index (χ2v) is 5.96.